The van der Waals surface area contributed by atoms with E-state index in [1.807, 2.05) is 17.0 Å². The summed E-state index contributed by atoms with van der Waals surface area (Å²) >= 11 is 0. The second kappa shape index (κ2) is 5.76. The normalized spacial score (nSPS) is 21.2. The predicted octanol–water partition coefficient (Wildman–Crippen LogP) is 1.44. The zero-order valence-corrected chi connectivity index (χ0v) is 12.2. The molecular formula is C16H20N2O3. The first-order valence-electron chi connectivity index (χ1n) is 7.41. The van der Waals surface area contributed by atoms with Crippen molar-refractivity contribution in [3.05, 3.63) is 29.8 Å². The molecule has 21 heavy (non-hydrogen) atoms. The highest BCUT2D eigenvalue weighted by Gasteiger charge is 2.36. The van der Waals surface area contributed by atoms with Crippen LogP contribution in [0.2, 0.25) is 0 Å². The van der Waals surface area contributed by atoms with Gasteiger partial charge >= 0.3 is 0 Å². The topological polar surface area (TPSA) is 58.6 Å². The zero-order chi connectivity index (χ0) is 14.8. The van der Waals surface area contributed by atoms with Gasteiger partial charge in [0.1, 0.15) is 5.75 Å². The van der Waals surface area contributed by atoms with Gasteiger partial charge in [0.15, 0.2) is 0 Å². The molecule has 1 aliphatic carbocycles. The van der Waals surface area contributed by atoms with Crippen LogP contribution in [0.1, 0.15) is 29.6 Å². The van der Waals surface area contributed by atoms with Crippen LogP contribution in [-0.4, -0.2) is 43.0 Å². The number of nitrogens with zero attached hydrogens (tertiary/aromatic N) is 1. The summed E-state index contributed by atoms with van der Waals surface area (Å²) < 4.78 is 5.20. The van der Waals surface area contributed by atoms with Crippen molar-refractivity contribution in [3.63, 3.8) is 0 Å². The van der Waals surface area contributed by atoms with Crippen LogP contribution in [-0.2, 0) is 4.79 Å². The maximum atomic E-state index is 12.3. The molecule has 1 N–H and O–H groups in total. The molecule has 1 saturated carbocycles. The molecule has 112 valence electrons. The standard InChI is InChI=1S/C16H20N2O3/c1-21-14-5-3-2-4-13(14)15(19)17-12-8-9-18(10-12)16(20)11-6-7-11/h2-5,11-12H,6-10H2,1H3,(H,17,19). The van der Waals surface area contributed by atoms with Gasteiger partial charge in [-0.05, 0) is 31.4 Å². The molecule has 5 nitrogen and oxygen atoms in total. The number of carbonyl (C=O) groups is 2. The summed E-state index contributed by atoms with van der Waals surface area (Å²) in [7, 11) is 1.55. The van der Waals surface area contributed by atoms with Crippen LogP contribution in [0, 0.1) is 5.92 Å². The number of likely N-dealkylation sites (tertiary alicyclic amines) is 1. The van der Waals surface area contributed by atoms with E-state index in [4.69, 9.17) is 4.74 Å². The molecule has 1 aromatic rings. The summed E-state index contributed by atoms with van der Waals surface area (Å²) in [6.45, 7) is 1.36. The Balaban J connectivity index is 1.59. The number of ether oxygens (including phenoxy) is 1. The maximum Gasteiger partial charge on any atom is 0.255 e. The lowest BCUT2D eigenvalue weighted by Gasteiger charge is -2.17. The number of rotatable bonds is 4. The first-order chi connectivity index (χ1) is 10.2. The summed E-state index contributed by atoms with van der Waals surface area (Å²) in [5.74, 6) is 0.926. The summed E-state index contributed by atoms with van der Waals surface area (Å²) in [5.41, 5.74) is 0.534. The number of amides is 2. The fourth-order valence-electron chi connectivity index (χ4n) is 2.76. The molecule has 1 aromatic carbocycles. The van der Waals surface area contributed by atoms with Crippen molar-refractivity contribution < 1.29 is 14.3 Å². The van der Waals surface area contributed by atoms with E-state index >= 15 is 0 Å². The summed E-state index contributed by atoms with van der Waals surface area (Å²) in [6.07, 6.45) is 2.86. The Morgan fingerprint density at radius 1 is 1.24 bits per heavy atom. The summed E-state index contributed by atoms with van der Waals surface area (Å²) in [5, 5.41) is 3.00. The number of hydrogen-bond acceptors (Lipinski definition) is 3. The maximum absolute atomic E-state index is 12.3. The fourth-order valence-corrected chi connectivity index (χ4v) is 2.76. The van der Waals surface area contributed by atoms with Crippen LogP contribution in [0.3, 0.4) is 0 Å². The number of nitrogens with one attached hydrogen (secondary N) is 1. The molecule has 2 aliphatic rings. The zero-order valence-electron chi connectivity index (χ0n) is 12.2. The molecule has 0 aromatic heterocycles. The van der Waals surface area contributed by atoms with Crippen LogP contribution in [0.5, 0.6) is 5.75 Å². The van der Waals surface area contributed by atoms with Gasteiger partial charge in [-0.15, -0.1) is 0 Å². The molecule has 5 heteroatoms. The van der Waals surface area contributed by atoms with Gasteiger partial charge in [-0.3, -0.25) is 9.59 Å². The van der Waals surface area contributed by atoms with Crippen LogP contribution < -0.4 is 10.1 Å². The van der Waals surface area contributed by atoms with Gasteiger partial charge < -0.3 is 15.0 Å². The Bertz CT molecular complexity index is 554. The molecule has 3 rings (SSSR count). The molecule has 1 atom stereocenters. The predicted molar refractivity (Wildman–Crippen MR) is 78.2 cm³/mol. The second-order valence-electron chi connectivity index (χ2n) is 5.72. The molecule has 1 heterocycles. The molecule has 2 fully saturated rings. The van der Waals surface area contributed by atoms with Crippen molar-refractivity contribution in [3.8, 4) is 5.75 Å². The third kappa shape index (κ3) is 3.01. The Kier molecular flexibility index (Phi) is 3.82. The van der Waals surface area contributed by atoms with E-state index in [1.54, 1.807) is 19.2 Å². The van der Waals surface area contributed by atoms with E-state index in [9.17, 15) is 9.59 Å². The van der Waals surface area contributed by atoms with Crippen molar-refractivity contribution in [2.24, 2.45) is 5.92 Å². The Morgan fingerprint density at radius 3 is 2.71 bits per heavy atom. The molecule has 0 radical (unpaired) electrons. The molecule has 0 spiro atoms. The van der Waals surface area contributed by atoms with Crippen molar-refractivity contribution >= 4 is 11.8 Å². The van der Waals surface area contributed by atoms with E-state index in [0.717, 1.165) is 25.8 Å². The first-order valence-corrected chi connectivity index (χ1v) is 7.41. The van der Waals surface area contributed by atoms with Crippen LogP contribution >= 0.6 is 0 Å². The minimum absolute atomic E-state index is 0.0325. The fraction of sp³-hybridized carbons (Fsp3) is 0.500. The summed E-state index contributed by atoms with van der Waals surface area (Å²) in [6, 6.07) is 7.20. The molecule has 2 amide bonds. The number of methoxy groups -OCH3 is 1. The third-order valence-electron chi connectivity index (χ3n) is 4.11. The largest absolute Gasteiger partial charge is 0.496 e. The van der Waals surface area contributed by atoms with Gasteiger partial charge in [0.25, 0.3) is 5.91 Å². The van der Waals surface area contributed by atoms with Gasteiger partial charge in [-0.25, -0.2) is 0 Å². The third-order valence-corrected chi connectivity index (χ3v) is 4.11. The van der Waals surface area contributed by atoms with E-state index in [1.165, 1.54) is 0 Å². The Hall–Kier alpha value is -2.04. The number of hydrogen-bond donors (Lipinski definition) is 1. The van der Waals surface area contributed by atoms with Crippen LogP contribution in [0.25, 0.3) is 0 Å². The van der Waals surface area contributed by atoms with E-state index in [0.29, 0.717) is 17.9 Å². The van der Waals surface area contributed by atoms with Crippen molar-refractivity contribution in [1.82, 2.24) is 10.2 Å². The quantitative estimate of drug-likeness (QED) is 0.912. The van der Waals surface area contributed by atoms with E-state index in [-0.39, 0.29) is 23.8 Å². The Labute approximate surface area is 124 Å². The number of para-hydroxylation sites is 1. The van der Waals surface area contributed by atoms with Gasteiger partial charge in [-0.1, -0.05) is 12.1 Å². The van der Waals surface area contributed by atoms with Crippen molar-refractivity contribution in [2.75, 3.05) is 20.2 Å². The van der Waals surface area contributed by atoms with Crippen LogP contribution in [0.4, 0.5) is 0 Å². The SMILES string of the molecule is COc1ccccc1C(=O)NC1CCN(C(=O)C2CC2)C1. The average Bonchev–Trinajstić information content (AvgIpc) is 3.26. The minimum Gasteiger partial charge on any atom is -0.496 e. The minimum atomic E-state index is -0.141. The summed E-state index contributed by atoms with van der Waals surface area (Å²) in [4.78, 5) is 26.2. The van der Waals surface area contributed by atoms with Crippen molar-refractivity contribution in [2.45, 2.75) is 25.3 Å². The molecule has 0 bridgehead atoms. The Morgan fingerprint density at radius 2 is 2.00 bits per heavy atom. The van der Waals surface area contributed by atoms with Gasteiger partial charge in [0.2, 0.25) is 5.91 Å². The van der Waals surface area contributed by atoms with Crippen molar-refractivity contribution in [1.29, 1.82) is 0 Å². The highest BCUT2D eigenvalue weighted by molar-refractivity contribution is 5.97. The average molecular weight is 288 g/mol. The van der Waals surface area contributed by atoms with Gasteiger partial charge in [0, 0.05) is 25.0 Å². The molecule has 1 unspecified atom stereocenters. The van der Waals surface area contributed by atoms with Gasteiger partial charge in [0.05, 0.1) is 12.7 Å². The lowest BCUT2D eigenvalue weighted by atomic mass is 10.1. The van der Waals surface area contributed by atoms with E-state index in [2.05, 4.69) is 5.32 Å². The monoisotopic (exact) mass is 288 g/mol. The van der Waals surface area contributed by atoms with Gasteiger partial charge in [-0.2, -0.15) is 0 Å². The smallest absolute Gasteiger partial charge is 0.255 e. The lowest BCUT2D eigenvalue weighted by Crippen LogP contribution is -2.39. The highest BCUT2D eigenvalue weighted by atomic mass is 16.5. The first kappa shape index (κ1) is 13.9. The van der Waals surface area contributed by atoms with Crippen LogP contribution in [0.15, 0.2) is 24.3 Å². The number of carbonyl (C=O) groups excluding carboxylic acids is 2. The highest BCUT2D eigenvalue weighted by Crippen LogP contribution is 2.32. The molecule has 1 saturated heterocycles. The molecular weight excluding hydrogens is 268 g/mol. The second-order valence-corrected chi connectivity index (χ2v) is 5.72. The lowest BCUT2D eigenvalue weighted by molar-refractivity contribution is -0.131. The molecule has 1 aliphatic heterocycles. The number of benzene rings is 1. The van der Waals surface area contributed by atoms with E-state index < -0.39 is 0 Å².